The van der Waals surface area contributed by atoms with Crippen LogP contribution >= 0.6 is 11.8 Å². The Balaban J connectivity index is 2.11. The molecule has 3 rings (SSSR count). The van der Waals surface area contributed by atoms with E-state index in [1.165, 1.54) is 11.8 Å². The molecule has 0 radical (unpaired) electrons. The van der Waals surface area contributed by atoms with Gasteiger partial charge in [-0.25, -0.2) is 9.67 Å². The third-order valence-electron chi connectivity index (χ3n) is 3.61. The second-order valence-corrected chi connectivity index (χ2v) is 5.98. The van der Waals surface area contributed by atoms with Crippen molar-refractivity contribution in [1.29, 1.82) is 0 Å². The highest BCUT2D eigenvalue weighted by atomic mass is 32.2. The van der Waals surface area contributed by atoms with Crippen LogP contribution in [0.25, 0.3) is 11.2 Å². The van der Waals surface area contributed by atoms with Gasteiger partial charge < -0.3 is 9.84 Å². The van der Waals surface area contributed by atoms with Crippen molar-refractivity contribution in [2.45, 2.75) is 38.0 Å². The maximum Gasteiger partial charge on any atom is 0.313 e. The lowest BCUT2D eigenvalue weighted by Gasteiger charge is -2.15. The highest BCUT2D eigenvalue weighted by Gasteiger charge is 2.27. The Hall–Kier alpha value is -1.54. The van der Waals surface area contributed by atoms with Crippen LogP contribution in [0.5, 0.6) is 0 Å². The molecular weight excluding hydrogens is 292 g/mol. The van der Waals surface area contributed by atoms with Gasteiger partial charge in [-0.15, -0.1) is 0 Å². The van der Waals surface area contributed by atoms with Crippen LogP contribution in [-0.2, 0) is 16.1 Å². The summed E-state index contributed by atoms with van der Waals surface area (Å²) in [6, 6.07) is 0.202. The Kier molecular flexibility index (Phi) is 3.90. The highest BCUT2D eigenvalue weighted by molar-refractivity contribution is 7.99. The molecule has 114 valence electrons. The van der Waals surface area contributed by atoms with Gasteiger partial charge in [0.25, 0.3) is 0 Å². The van der Waals surface area contributed by atoms with Gasteiger partial charge in [0.15, 0.2) is 10.8 Å². The van der Waals surface area contributed by atoms with E-state index in [0.29, 0.717) is 6.61 Å². The zero-order valence-corrected chi connectivity index (χ0v) is 12.9. The van der Waals surface area contributed by atoms with Gasteiger partial charge in [-0.3, -0.25) is 9.36 Å². The molecule has 1 unspecified atom stereocenters. The number of aryl methyl sites for hydroxylation is 2. The lowest BCUT2D eigenvalue weighted by molar-refractivity contribution is -0.133. The maximum absolute atomic E-state index is 10.8. The molecule has 0 aromatic carbocycles. The molecule has 0 saturated carbocycles. The number of aliphatic carboxylic acids is 1. The van der Waals surface area contributed by atoms with Crippen molar-refractivity contribution in [3.8, 4) is 0 Å². The first-order valence-electron chi connectivity index (χ1n) is 6.99. The molecule has 1 atom stereocenters. The van der Waals surface area contributed by atoms with Crippen molar-refractivity contribution < 1.29 is 14.6 Å². The number of imidazole rings is 1. The van der Waals surface area contributed by atoms with Crippen LogP contribution in [0.2, 0.25) is 0 Å². The molecule has 3 heterocycles. The number of carboxylic acid groups (broad SMARTS) is 1. The third-order valence-corrected chi connectivity index (χ3v) is 4.54. The molecule has 1 fully saturated rings. The number of nitrogens with zero attached hydrogens (tertiary/aromatic N) is 4. The predicted octanol–water partition coefficient (Wildman–Crippen LogP) is 1.70. The fourth-order valence-corrected chi connectivity index (χ4v) is 3.46. The second kappa shape index (κ2) is 5.69. The van der Waals surface area contributed by atoms with Gasteiger partial charge in [-0.1, -0.05) is 11.8 Å². The number of aromatic nitrogens is 4. The molecule has 0 amide bonds. The summed E-state index contributed by atoms with van der Waals surface area (Å²) in [5.41, 5.74) is 2.71. The number of hydrogen-bond donors (Lipinski definition) is 1. The number of carbonyl (C=O) groups is 1. The SMILES string of the molecule is CCn1nc(C)c2nc(SCC(=O)O)n(C3CCOC3)c21. The molecule has 1 aliphatic heterocycles. The van der Waals surface area contributed by atoms with Gasteiger partial charge in [-0.2, -0.15) is 5.10 Å². The van der Waals surface area contributed by atoms with Crippen LogP contribution in [-0.4, -0.2) is 49.4 Å². The van der Waals surface area contributed by atoms with E-state index >= 15 is 0 Å². The van der Waals surface area contributed by atoms with Gasteiger partial charge >= 0.3 is 5.97 Å². The van der Waals surface area contributed by atoms with E-state index in [-0.39, 0.29) is 11.8 Å². The Morgan fingerprint density at radius 2 is 2.38 bits per heavy atom. The quantitative estimate of drug-likeness (QED) is 0.846. The molecular formula is C13H18N4O3S. The van der Waals surface area contributed by atoms with Gasteiger partial charge in [0.05, 0.1) is 24.1 Å². The second-order valence-electron chi connectivity index (χ2n) is 5.04. The topological polar surface area (TPSA) is 82.2 Å². The number of hydrogen-bond acceptors (Lipinski definition) is 5. The molecule has 1 saturated heterocycles. The summed E-state index contributed by atoms with van der Waals surface area (Å²) >= 11 is 1.26. The summed E-state index contributed by atoms with van der Waals surface area (Å²) < 4.78 is 9.53. The van der Waals surface area contributed by atoms with E-state index in [9.17, 15) is 4.79 Å². The van der Waals surface area contributed by atoms with E-state index in [2.05, 4.69) is 14.6 Å². The first kappa shape index (κ1) is 14.4. The highest BCUT2D eigenvalue weighted by Crippen LogP contribution is 2.32. The minimum Gasteiger partial charge on any atom is -0.481 e. The minimum absolute atomic E-state index is 0.00574. The molecule has 7 nitrogen and oxygen atoms in total. The number of rotatable bonds is 5. The van der Waals surface area contributed by atoms with Gasteiger partial charge in [0.2, 0.25) is 0 Å². The largest absolute Gasteiger partial charge is 0.481 e. The van der Waals surface area contributed by atoms with Crippen LogP contribution < -0.4 is 0 Å². The Bertz CT molecular complexity index is 673. The first-order chi connectivity index (χ1) is 10.1. The lowest BCUT2D eigenvalue weighted by Crippen LogP contribution is -2.14. The van der Waals surface area contributed by atoms with Crippen LogP contribution in [0.3, 0.4) is 0 Å². The van der Waals surface area contributed by atoms with E-state index in [1.807, 2.05) is 18.5 Å². The van der Waals surface area contributed by atoms with E-state index in [1.54, 1.807) is 0 Å². The zero-order valence-electron chi connectivity index (χ0n) is 12.1. The fourth-order valence-electron chi connectivity index (χ4n) is 2.67. The zero-order chi connectivity index (χ0) is 15.0. The average Bonchev–Trinajstić information content (AvgIpc) is 3.13. The van der Waals surface area contributed by atoms with Crippen LogP contribution in [0.15, 0.2) is 5.16 Å². The summed E-state index contributed by atoms with van der Waals surface area (Å²) in [5, 5.41) is 14.2. The summed E-state index contributed by atoms with van der Waals surface area (Å²) in [4.78, 5) is 15.5. The molecule has 1 N–H and O–H groups in total. The number of fused-ring (bicyclic) bond motifs is 1. The average molecular weight is 310 g/mol. The van der Waals surface area contributed by atoms with Crippen molar-refractivity contribution >= 4 is 28.9 Å². The minimum atomic E-state index is -0.838. The van der Waals surface area contributed by atoms with Crippen LogP contribution in [0, 0.1) is 6.92 Å². The number of ether oxygens (including phenoxy) is 1. The smallest absolute Gasteiger partial charge is 0.313 e. The Morgan fingerprint density at radius 1 is 1.57 bits per heavy atom. The van der Waals surface area contributed by atoms with E-state index in [4.69, 9.17) is 9.84 Å². The fraction of sp³-hybridized carbons (Fsp3) is 0.615. The van der Waals surface area contributed by atoms with E-state index < -0.39 is 5.97 Å². The van der Waals surface area contributed by atoms with Crippen molar-refractivity contribution in [3.05, 3.63) is 5.69 Å². The number of thioether (sulfide) groups is 1. The monoisotopic (exact) mass is 310 g/mol. The van der Waals surface area contributed by atoms with Crippen molar-refractivity contribution in [1.82, 2.24) is 19.3 Å². The lowest BCUT2D eigenvalue weighted by atomic mass is 10.2. The molecule has 21 heavy (non-hydrogen) atoms. The molecule has 2 aromatic rings. The van der Waals surface area contributed by atoms with Crippen LogP contribution in [0.1, 0.15) is 25.1 Å². The molecule has 1 aliphatic rings. The van der Waals surface area contributed by atoms with Crippen molar-refractivity contribution in [3.63, 3.8) is 0 Å². The van der Waals surface area contributed by atoms with E-state index in [0.717, 1.165) is 41.6 Å². The summed E-state index contributed by atoms with van der Waals surface area (Å²) in [6.45, 7) is 6.10. The Labute approximate surface area is 126 Å². The normalized spacial score (nSPS) is 18.7. The summed E-state index contributed by atoms with van der Waals surface area (Å²) in [7, 11) is 0. The molecule has 0 aliphatic carbocycles. The Morgan fingerprint density at radius 3 is 3.00 bits per heavy atom. The van der Waals surface area contributed by atoms with Crippen LogP contribution in [0.4, 0.5) is 0 Å². The third kappa shape index (κ3) is 2.53. The summed E-state index contributed by atoms with van der Waals surface area (Å²) in [5.74, 6) is -0.832. The molecule has 0 spiro atoms. The standard InChI is InChI=1S/C13H18N4O3S/c1-3-16-12-11(8(2)15-16)14-13(21-7-10(18)19)17(12)9-4-5-20-6-9/h9H,3-7H2,1-2H3,(H,18,19). The van der Waals surface area contributed by atoms with Crippen molar-refractivity contribution in [2.24, 2.45) is 0 Å². The first-order valence-corrected chi connectivity index (χ1v) is 7.98. The maximum atomic E-state index is 10.8. The summed E-state index contributed by atoms with van der Waals surface area (Å²) in [6.07, 6.45) is 0.917. The predicted molar refractivity (Wildman–Crippen MR) is 78.8 cm³/mol. The molecule has 8 heteroatoms. The van der Waals surface area contributed by atoms with Gasteiger partial charge in [0, 0.05) is 13.2 Å². The molecule has 2 aromatic heterocycles. The number of carboxylic acids is 1. The molecule has 0 bridgehead atoms. The van der Waals surface area contributed by atoms with Crippen molar-refractivity contribution in [2.75, 3.05) is 19.0 Å². The van der Waals surface area contributed by atoms with Gasteiger partial charge in [0.1, 0.15) is 5.52 Å². The van der Waals surface area contributed by atoms with Gasteiger partial charge in [-0.05, 0) is 20.3 Å².